The van der Waals surface area contributed by atoms with Crippen LogP contribution in [0.1, 0.15) is 34.5 Å². The number of nitrogens with zero attached hydrogens (tertiary/aromatic N) is 6. The van der Waals surface area contributed by atoms with Gasteiger partial charge in [-0.2, -0.15) is 13.2 Å². The van der Waals surface area contributed by atoms with E-state index in [1.807, 2.05) is 4.90 Å². The van der Waals surface area contributed by atoms with E-state index in [-0.39, 0.29) is 16.8 Å². The smallest absolute Gasteiger partial charge is 0.367 e. The Morgan fingerprint density at radius 3 is 2.47 bits per heavy atom. The van der Waals surface area contributed by atoms with Gasteiger partial charge in [-0.15, -0.1) is 11.3 Å². The summed E-state index contributed by atoms with van der Waals surface area (Å²) < 4.78 is 41.3. The highest BCUT2D eigenvalue weighted by molar-refractivity contribution is 7.18. The Morgan fingerprint density at radius 1 is 1.02 bits per heavy atom. The molecule has 3 aliphatic heterocycles. The number of rotatable bonds is 9. The van der Waals surface area contributed by atoms with Crippen LogP contribution in [0.25, 0.3) is 21.1 Å². The maximum atomic E-state index is 12.9. The molecular formula is C35H42F3N7OS. The van der Waals surface area contributed by atoms with Crippen molar-refractivity contribution in [2.75, 3.05) is 51.1 Å². The summed E-state index contributed by atoms with van der Waals surface area (Å²) >= 11 is 1.08. The number of anilines is 1. The summed E-state index contributed by atoms with van der Waals surface area (Å²) in [5, 5.41) is 5.49. The van der Waals surface area contributed by atoms with Gasteiger partial charge in [0.05, 0.1) is 11.8 Å². The highest BCUT2D eigenvalue weighted by Gasteiger charge is 2.40. The van der Waals surface area contributed by atoms with Crippen LogP contribution in [-0.2, 0) is 24.3 Å². The Labute approximate surface area is 277 Å². The predicted octanol–water partition coefficient (Wildman–Crippen LogP) is 6.02. The normalized spacial score (nSPS) is 21.3. The molecule has 3 fully saturated rings. The monoisotopic (exact) mass is 665 g/mol. The second-order valence-electron chi connectivity index (χ2n) is 13.6. The van der Waals surface area contributed by atoms with E-state index in [4.69, 9.17) is 0 Å². The van der Waals surface area contributed by atoms with Gasteiger partial charge in [-0.05, 0) is 73.9 Å². The van der Waals surface area contributed by atoms with Gasteiger partial charge in [0, 0.05) is 86.4 Å². The van der Waals surface area contributed by atoms with Gasteiger partial charge in [-0.3, -0.25) is 9.69 Å². The highest BCUT2D eigenvalue weighted by Crippen LogP contribution is 2.34. The molecule has 0 saturated carbocycles. The summed E-state index contributed by atoms with van der Waals surface area (Å²) in [5.41, 5.74) is 5.25. The zero-order valence-electron chi connectivity index (χ0n) is 27.0. The number of alkyl halides is 3. The summed E-state index contributed by atoms with van der Waals surface area (Å²) in [6.07, 6.45) is -0.455. The van der Waals surface area contributed by atoms with E-state index < -0.39 is 12.6 Å². The van der Waals surface area contributed by atoms with Crippen LogP contribution in [-0.4, -0.2) is 93.2 Å². The zero-order valence-corrected chi connectivity index (χ0v) is 27.8. The second-order valence-corrected chi connectivity index (χ2v) is 14.7. The van der Waals surface area contributed by atoms with Crippen LogP contribution in [0, 0.1) is 25.7 Å². The zero-order chi connectivity index (χ0) is 32.9. The lowest BCUT2D eigenvalue weighted by Gasteiger charge is -2.33. The van der Waals surface area contributed by atoms with Crippen molar-refractivity contribution >= 4 is 44.2 Å². The second kappa shape index (κ2) is 12.9. The first-order valence-corrected chi connectivity index (χ1v) is 17.4. The molecule has 47 heavy (non-hydrogen) atoms. The topological polar surface area (TPSA) is 69.5 Å². The summed E-state index contributed by atoms with van der Waals surface area (Å²) in [5.74, 6) is 1.81. The molecule has 12 heteroatoms. The van der Waals surface area contributed by atoms with Crippen molar-refractivity contribution < 1.29 is 18.0 Å². The number of halogens is 3. The van der Waals surface area contributed by atoms with Crippen LogP contribution in [0.4, 0.5) is 19.0 Å². The van der Waals surface area contributed by atoms with Gasteiger partial charge in [-0.25, -0.2) is 9.97 Å². The molecule has 1 amide bonds. The first-order chi connectivity index (χ1) is 22.5. The standard InChI is InChI=1S/C35H42F3N7OS/c1-4-32(46)44-19-25-17-43(18-26(25)20-44)11-12-45-22(2)13-29-23(3)24(5-6-31(29)45)16-42-9-7-27(8-10-42)41-33-30-14-28(15-35(36,37)38)47-34(30)40-21-39-33/h4-6,13-14,21,25-27H,1,7-12,15-20H2,2-3H3,(H,39,40,41). The van der Waals surface area contributed by atoms with E-state index in [1.165, 1.54) is 40.1 Å². The highest BCUT2D eigenvalue weighted by atomic mass is 32.1. The van der Waals surface area contributed by atoms with Gasteiger partial charge in [0.2, 0.25) is 5.91 Å². The molecule has 3 aliphatic rings. The lowest BCUT2D eigenvalue weighted by atomic mass is 10.0. The minimum absolute atomic E-state index is 0.0568. The quantitative estimate of drug-likeness (QED) is 0.221. The fourth-order valence-electron chi connectivity index (χ4n) is 7.92. The first-order valence-electron chi connectivity index (χ1n) is 16.6. The molecule has 0 radical (unpaired) electrons. The van der Waals surface area contributed by atoms with Gasteiger partial charge < -0.3 is 19.7 Å². The van der Waals surface area contributed by atoms with Crippen molar-refractivity contribution in [2.45, 2.75) is 58.4 Å². The number of aryl methyl sites for hydroxylation is 2. The molecule has 3 aromatic heterocycles. The molecule has 1 N–H and O–H groups in total. The Morgan fingerprint density at radius 2 is 1.77 bits per heavy atom. The lowest BCUT2D eigenvalue weighted by Crippen LogP contribution is -2.39. The molecule has 0 bridgehead atoms. The number of benzene rings is 1. The first kappa shape index (κ1) is 32.1. The van der Waals surface area contributed by atoms with Crippen LogP contribution in [0.2, 0.25) is 0 Å². The number of thiophene rings is 1. The maximum absolute atomic E-state index is 12.9. The fraction of sp³-hybridized carbons (Fsp3) is 0.514. The number of fused-ring (bicyclic) bond motifs is 3. The number of nitrogens with one attached hydrogen (secondary N) is 1. The fourth-order valence-corrected chi connectivity index (χ4v) is 8.95. The molecule has 250 valence electrons. The molecule has 6 heterocycles. The molecular weight excluding hydrogens is 623 g/mol. The van der Waals surface area contributed by atoms with E-state index in [2.05, 4.69) is 68.3 Å². The predicted molar refractivity (Wildman–Crippen MR) is 181 cm³/mol. The molecule has 1 aromatic carbocycles. The van der Waals surface area contributed by atoms with Gasteiger partial charge in [-0.1, -0.05) is 12.6 Å². The number of likely N-dealkylation sites (tertiary alicyclic amines) is 3. The number of aromatic nitrogens is 3. The molecule has 3 saturated heterocycles. The van der Waals surface area contributed by atoms with Crippen LogP contribution in [0.3, 0.4) is 0 Å². The van der Waals surface area contributed by atoms with Crippen LogP contribution >= 0.6 is 11.3 Å². The number of carbonyl (C=O) groups is 1. The number of hydrogen-bond acceptors (Lipinski definition) is 7. The van der Waals surface area contributed by atoms with Crippen molar-refractivity contribution in [3.8, 4) is 0 Å². The van der Waals surface area contributed by atoms with Crippen molar-refractivity contribution in [3.05, 3.63) is 64.9 Å². The SMILES string of the molecule is C=CC(=O)N1CC2CN(CCn3c(C)cc4c(C)c(CN5CCC(Nc6ncnc7sc(CC(F)(F)F)cc67)CC5)ccc43)CC2C1. The molecule has 7 rings (SSSR count). The van der Waals surface area contributed by atoms with Crippen molar-refractivity contribution in [3.63, 3.8) is 0 Å². The largest absolute Gasteiger partial charge is 0.393 e. The molecule has 0 spiro atoms. The maximum Gasteiger partial charge on any atom is 0.393 e. The molecule has 2 atom stereocenters. The van der Waals surface area contributed by atoms with Crippen LogP contribution in [0.15, 0.2) is 43.2 Å². The number of piperidine rings is 1. The third-order valence-electron chi connectivity index (χ3n) is 10.4. The average Bonchev–Trinajstić information content (AvgIpc) is 3.79. The Bertz CT molecular complexity index is 1780. The minimum atomic E-state index is -4.24. The van der Waals surface area contributed by atoms with Gasteiger partial charge in [0.25, 0.3) is 0 Å². The Kier molecular flexibility index (Phi) is 8.77. The van der Waals surface area contributed by atoms with E-state index in [9.17, 15) is 18.0 Å². The van der Waals surface area contributed by atoms with Crippen LogP contribution in [0.5, 0.6) is 0 Å². The van der Waals surface area contributed by atoms with E-state index in [1.54, 1.807) is 6.07 Å². The van der Waals surface area contributed by atoms with Gasteiger partial charge in [0.1, 0.15) is 17.0 Å². The van der Waals surface area contributed by atoms with Gasteiger partial charge in [0.15, 0.2) is 0 Å². The minimum Gasteiger partial charge on any atom is -0.367 e. The molecule has 2 unspecified atom stereocenters. The van der Waals surface area contributed by atoms with E-state index in [0.29, 0.717) is 27.9 Å². The summed E-state index contributed by atoms with van der Waals surface area (Å²) in [6.45, 7) is 16.6. The lowest BCUT2D eigenvalue weighted by molar-refractivity contribution is -0.127. The van der Waals surface area contributed by atoms with Crippen molar-refractivity contribution in [1.29, 1.82) is 0 Å². The summed E-state index contributed by atoms with van der Waals surface area (Å²) in [4.78, 5) is 28.5. The summed E-state index contributed by atoms with van der Waals surface area (Å²) in [7, 11) is 0. The molecule has 0 aliphatic carbocycles. The number of carbonyl (C=O) groups excluding carboxylic acids is 1. The van der Waals surface area contributed by atoms with Gasteiger partial charge >= 0.3 is 6.18 Å². The third kappa shape index (κ3) is 6.77. The Hall–Kier alpha value is -3.48. The Balaban J connectivity index is 0.938. The van der Waals surface area contributed by atoms with Crippen LogP contribution < -0.4 is 5.32 Å². The van der Waals surface area contributed by atoms with Crippen molar-refractivity contribution in [1.82, 2.24) is 29.2 Å². The molecule has 4 aromatic rings. The third-order valence-corrected chi connectivity index (χ3v) is 11.5. The average molecular weight is 666 g/mol. The summed E-state index contributed by atoms with van der Waals surface area (Å²) in [6, 6.07) is 8.69. The number of hydrogen-bond donors (Lipinski definition) is 1. The van der Waals surface area contributed by atoms with E-state index >= 15 is 0 Å². The number of amides is 1. The van der Waals surface area contributed by atoms with E-state index in [0.717, 1.165) is 83.1 Å². The van der Waals surface area contributed by atoms with Crippen molar-refractivity contribution in [2.24, 2.45) is 11.8 Å². The molecule has 8 nitrogen and oxygen atoms in total.